The lowest BCUT2D eigenvalue weighted by Crippen LogP contribution is -2.49. The number of aromatic amines is 1. The monoisotopic (exact) mass is 288 g/mol. The van der Waals surface area contributed by atoms with Crippen molar-refractivity contribution in [2.75, 3.05) is 38.2 Å². The van der Waals surface area contributed by atoms with Crippen LogP contribution in [0.2, 0.25) is 0 Å². The molecule has 0 unspecified atom stereocenters. The minimum atomic E-state index is -0.182. The summed E-state index contributed by atoms with van der Waals surface area (Å²) < 4.78 is 5.15. The van der Waals surface area contributed by atoms with Crippen molar-refractivity contribution in [2.24, 2.45) is 0 Å². The largest absolute Gasteiger partial charge is 0.497 e. The minimum absolute atomic E-state index is 0.118. The van der Waals surface area contributed by atoms with Gasteiger partial charge < -0.3 is 14.5 Å². The maximum absolute atomic E-state index is 12.1. The molecule has 1 amide bonds. The van der Waals surface area contributed by atoms with Crippen LogP contribution in [0.3, 0.4) is 0 Å². The number of aromatic nitrogens is 4. The maximum Gasteiger partial charge on any atom is 0.295 e. The Balaban J connectivity index is 1.60. The van der Waals surface area contributed by atoms with Gasteiger partial charge in [0.05, 0.1) is 7.11 Å². The molecule has 1 aliphatic rings. The van der Waals surface area contributed by atoms with Crippen LogP contribution >= 0.6 is 0 Å². The number of benzene rings is 1. The average molecular weight is 288 g/mol. The second-order valence-corrected chi connectivity index (χ2v) is 4.71. The summed E-state index contributed by atoms with van der Waals surface area (Å²) in [5.74, 6) is 0.774. The summed E-state index contributed by atoms with van der Waals surface area (Å²) in [7, 11) is 1.65. The minimum Gasteiger partial charge on any atom is -0.497 e. The Hall–Kier alpha value is -2.64. The van der Waals surface area contributed by atoms with E-state index in [2.05, 4.69) is 25.5 Å². The van der Waals surface area contributed by atoms with Crippen molar-refractivity contribution in [3.8, 4) is 5.75 Å². The molecule has 8 heteroatoms. The third-order valence-electron chi connectivity index (χ3n) is 3.54. The van der Waals surface area contributed by atoms with Crippen LogP contribution in [0.25, 0.3) is 0 Å². The fourth-order valence-corrected chi connectivity index (χ4v) is 2.35. The molecule has 3 rings (SSSR count). The molecule has 0 spiro atoms. The summed E-state index contributed by atoms with van der Waals surface area (Å²) in [4.78, 5) is 16.1. The molecule has 0 atom stereocenters. The van der Waals surface area contributed by atoms with Crippen molar-refractivity contribution in [2.45, 2.75) is 0 Å². The summed E-state index contributed by atoms with van der Waals surface area (Å²) in [5, 5.41) is 13.1. The molecule has 0 radical (unpaired) electrons. The molecule has 1 N–H and O–H groups in total. The van der Waals surface area contributed by atoms with Gasteiger partial charge in [0.2, 0.25) is 0 Å². The summed E-state index contributed by atoms with van der Waals surface area (Å²) in [6.07, 6.45) is 0. The Bertz CT molecular complexity index is 590. The highest BCUT2D eigenvalue weighted by Crippen LogP contribution is 2.20. The molecule has 1 aliphatic heterocycles. The van der Waals surface area contributed by atoms with Gasteiger partial charge in [-0.15, -0.1) is 10.2 Å². The fraction of sp³-hybridized carbons (Fsp3) is 0.385. The van der Waals surface area contributed by atoms with Gasteiger partial charge in [0.15, 0.2) is 0 Å². The van der Waals surface area contributed by atoms with E-state index >= 15 is 0 Å². The number of anilines is 1. The van der Waals surface area contributed by atoms with Gasteiger partial charge in [-0.2, -0.15) is 5.21 Å². The average Bonchev–Trinajstić information content (AvgIpc) is 3.09. The predicted molar refractivity (Wildman–Crippen MR) is 75.3 cm³/mol. The van der Waals surface area contributed by atoms with Crippen LogP contribution in [0.4, 0.5) is 5.69 Å². The van der Waals surface area contributed by atoms with E-state index in [-0.39, 0.29) is 11.7 Å². The SMILES string of the molecule is COc1ccc(N2CCN(C(=O)c3nn[nH]n3)CC2)cc1. The molecular weight excluding hydrogens is 272 g/mol. The van der Waals surface area contributed by atoms with E-state index in [4.69, 9.17) is 4.74 Å². The molecule has 1 saturated heterocycles. The van der Waals surface area contributed by atoms with Gasteiger partial charge in [0.1, 0.15) is 5.75 Å². The van der Waals surface area contributed by atoms with Gasteiger partial charge in [-0.25, -0.2) is 0 Å². The third-order valence-corrected chi connectivity index (χ3v) is 3.54. The molecule has 21 heavy (non-hydrogen) atoms. The van der Waals surface area contributed by atoms with Gasteiger partial charge in [-0.3, -0.25) is 4.79 Å². The van der Waals surface area contributed by atoms with E-state index in [9.17, 15) is 4.79 Å². The summed E-state index contributed by atoms with van der Waals surface area (Å²) in [6.45, 7) is 2.82. The molecule has 2 heterocycles. The number of hydrogen-bond acceptors (Lipinski definition) is 6. The number of nitrogens with one attached hydrogen (secondary N) is 1. The van der Waals surface area contributed by atoms with E-state index in [1.54, 1.807) is 12.0 Å². The summed E-state index contributed by atoms with van der Waals surface area (Å²) in [6, 6.07) is 7.92. The van der Waals surface area contributed by atoms with Crippen molar-refractivity contribution in [3.63, 3.8) is 0 Å². The zero-order chi connectivity index (χ0) is 14.7. The lowest BCUT2D eigenvalue weighted by Gasteiger charge is -2.35. The Kier molecular flexibility index (Phi) is 3.67. The number of ether oxygens (including phenoxy) is 1. The standard InChI is InChI=1S/C13H16N6O2/c1-21-11-4-2-10(3-5-11)18-6-8-19(9-7-18)13(20)12-14-16-17-15-12/h2-5H,6-9H2,1H3,(H,14,15,16,17). The predicted octanol–water partition coefficient (Wildman–Crippen LogP) is 0.171. The first-order valence-corrected chi connectivity index (χ1v) is 6.69. The zero-order valence-electron chi connectivity index (χ0n) is 11.7. The smallest absolute Gasteiger partial charge is 0.295 e. The normalized spacial score (nSPS) is 15.1. The zero-order valence-corrected chi connectivity index (χ0v) is 11.7. The first kappa shape index (κ1) is 13.3. The second-order valence-electron chi connectivity index (χ2n) is 4.71. The van der Waals surface area contributed by atoms with Gasteiger partial charge in [0.25, 0.3) is 11.7 Å². The van der Waals surface area contributed by atoms with Crippen LogP contribution in [0.1, 0.15) is 10.6 Å². The van der Waals surface area contributed by atoms with Crippen molar-refractivity contribution in [3.05, 3.63) is 30.1 Å². The van der Waals surface area contributed by atoms with Crippen LogP contribution in [0, 0.1) is 0 Å². The van der Waals surface area contributed by atoms with Crippen molar-refractivity contribution in [1.82, 2.24) is 25.5 Å². The number of rotatable bonds is 3. The topological polar surface area (TPSA) is 87.2 Å². The highest BCUT2D eigenvalue weighted by atomic mass is 16.5. The Morgan fingerprint density at radius 1 is 1.19 bits per heavy atom. The van der Waals surface area contributed by atoms with Crippen LogP contribution < -0.4 is 9.64 Å². The molecule has 1 fully saturated rings. The van der Waals surface area contributed by atoms with Crippen LogP contribution in [-0.4, -0.2) is 64.7 Å². The Morgan fingerprint density at radius 2 is 1.90 bits per heavy atom. The molecular formula is C13H16N6O2. The van der Waals surface area contributed by atoms with E-state index < -0.39 is 0 Å². The first-order valence-electron chi connectivity index (χ1n) is 6.69. The number of tetrazole rings is 1. The van der Waals surface area contributed by atoms with E-state index in [1.807, 2.05) is 24.3 Å². The van der Waals surface area contributed by atoms with Crippen molar-refractivity contribution in [1.29, 1.82) is 0 Å². The molecule has 1 aromatic carbocycles. The first-order chi connectivity index (χ1) is 10.3. The maximum atomic E-state index is 12.1. The molecule has 110 valence electrons. The molecule has 0 saturated carbocycles. The highest BCUT2D eigenvalue weighted by Gasteiger charge is 2.24. The lowest BCUT2D eigenvalue weighted by atomic mass is 10.2. The molecule has 8 nitrogen and oxygen atoms in total. The lowest BCUT2D eigenvalue weighted by molar-refractivity contribution is 0.0734. The van der Waals surface area contributed by atoms with E-state index in [0.29, 0.717) is 13.1 Å². The van der Waals surface area contributed by atoms with Crippen LogP contribution in [0.15, 0.2) is 24.3 Å². The number of hydrogen-bond donors (Lipinski definition) is 1. The highest BCUT2D eigenvalue weighted by molar-refractivity contribution is 5.90. The number of carbonyl (C=O) groups is 1. The molecule has 0 aliphatic carbocycles. The number of H-pyrrole nitrogens is 1. The van der Waals surface area contributed by atoms with Gasteiger partial charge in [-0.05, 0) is 29.5 Å². The van der Waals surface area contributed by atoms with E-state index in [0.717, 1.165) is 24.5 Å². The van der Waals surface area contributed by atoms with Crippen LogP contribution in [0.5, 0.6) is 5.75 Å². The number of methoxy groups -OCH3 is 1. The third kappa shape index (κ3) is 2.78. The molecule has 0 bridgehead atoms. The van der Waals surface area contributed by atoms with Crippen molar-refractivity contribution >= 4 is 11.6 Å². The summed E-state index contributed by atoms with van der Waals surface area (Å²) in [5.41, 5.74) is 1.13. The van der Waals surface area contributed by atoms with Crippen LogP contribution in [-0.2, 0) is 0 Å². The second kappa shape index (κ2) is 5.78. The molecule has 2 aromatic rings. The number of carbonyl (C=O) groups excluding carboxylic acids is 1. The Labute approximate surface area is 121 Å². The number of nitrogens with zero attached hydrogens (tertiary/aromatic N) is 5. The van der Waals surface area contributed by atoms with Gasteiger partial charge in [0, 0.05) is 31.9 Å². The quantitative estimate of drug-likeness (QED) is 0.866. The van der Waals surface area contributed by atoms with Gasteiger partial charge in [-0.1, -0.05) is 0 Å². The van der Waals surface area contributed by atoms with Gasteiger partial charge >= 0.3 is 0 Å². The fourth-order valence-electron chi connectivity index (χ4n) is 2.35. The number of amides is 1. The Morgan fingerprint density at radius 3 is 2.48 bits per heavy atom. The van der Waals surface area contributed by atoms with E-state index in [1.165, 1.54) is 0 Å². The van der Waals surface area contributed by atoms with Crippen molar-refractivity contribution < 1.29 is 9.53 Å². The summed E-state index contributed by atoms with van der Waals surface area (Å²) >= 11 is 0. The molecule has 1 aromatic heterocycles. The number of piperazine rings is 1.